The molecule has 0 amide bonds. The third kappa shape index (κ3) is 4.43. The molecular weight excluding hydrogens is 441 g/mol. The number of hydrogen-bond donors (Lipinski definition) is 0. The molecule has 32 heavy (non-hydrogen) atoms. The van der Waals surface area contributed by atoms with Gasteiger partial charge in [-0.2, -0.15) is 5.10 Å². The average molecular weight is 463 g/mol. The number of benzene rings is 2. The van der Waals surface area contributed by atoms with Crippen LogP contribution < -0.4 is 0 Å². The summed E-state index contributed by atoms with van der Waals surface area (Å²) in [6, 6.07) is 4.91. The number of nitrogens with zero attached hydrogens (tertiary/aromatic N) is 6. The summed E-state index contributed by atoms with van der Waals surface area (Å²) in [6.07, 6.45) is 3.50. The maximum absolute atomic E-state index is 14.4. The van der Waals surface area contributed by atoms with Crippen molar-refractivity contribution in [3.8, 4) is 0 Å². The van der Waals surface area contributed by atoms with Gasteiger partial charge in [0.1, 0.15) is 5.82 Å². The van der Waals surface area contributed by atoms with Gasteiger partial charge in [0.15, 0.2) is 11.6 Å². The Labute approximate surface area is 188 Å². The number of aryl methyl sites for hydroxylation is 1. The third-order valence-electron chi connectivity index (χ3n) is 5.14. The first-order valence-electron chi connectivity index (χ1n) is 9.92. The zero-order valence-electron chi connectivity index (χ0n) is 18.1. The van der Waals surface area contributed by atoms with Gasteiger partial charge in [0.2, 0.25) is 5.96 Å². The molecule has 0 saturated heterocycles. The molecule has 0 saturated carbocycles. The second-order valence-electron chi connectivity index (χ2n) is 8.66. The molecule has 1 aliphatic heterocycles. The Balaban J connectivity index is 1.76. The van der Waals surface area contributed by atoms with Gasteiger partial charge >= 0.3 is 0 Å². The third-order valence-corrected chi connectivity index (χ3v) is 5.44. The topological polar surface area (TPSA) is 49.0 Å². The maximum Gasteiger partial charge on any atom is 0.229 e. The molecule has 1 aromatic heterocycles. The lowest BCUT2D eigenvalue weighted by molar-refractivity contribution is 0.162. The molecule has 2 heterocycles. The lowest BCUT2D eigenvalue weighted by Gasteiger charge is -2.41. The first-order chi connectivity index (χ1) is 15.0. The molecule has 3 aromatic rings. The Morgan fingerprint density at radius 3 is 2.50 bits per heavy atom. The van der Waals surface area contributed by atoms with Crippen molar-refractivity contribution in [3.63, 3.8) is 0 Å². The fraction of sp³-hybridized carbons (Fsp3) is 0.318. The van der Waals surface area contributed by atoms with E-state index in [1.807, 2.05) is 38.9 Å². The monoisotopic (exact) mass is 462 g/mol. The van der Waals surface area contributed by atoms with Crippen LogP contribution in [0, 0.1) is 17.5 Å². The van der Waals surface area contributed by atoms with Crippen LogP contribution in [0.4, 0.5) is 18.9 Å². The maximum atomic E-state index is 14.4. The Kier molecular flexibility index (Phi) is 5.62. The number of hydrogen-bond acceptors (Lipinski definition) is 3. The molecule has 168 valence electrons. The van der Waals surface area contributed by atoms with E-state index in [-0.39, 0.29) is 23.6 Å². The van der Waals surface area contributed by atoms with Gasteiger partial charge in [-0.3, -0.25) is 4.68 Å². The number of guanidine groups is 1. The Morgan fingerprint density at radius 2 is 1.78 bits per heavy atom. The van der Waals surface area contributed by atoms with E-state index in [1.54, 1.807) is 28.1 Å². The van der Waals surface area contributed by atoms with Gasteiger partial charge in [-0.25, -0.2) is 23.2 Å². The summed E-state index contributed by atoms with van der Waals surface area (Å²) in [6.45, 7) is 6.27. The largest absolute Gasteiger partial charge is 0.340 e. The van der Waals surface area contributed by atoms with Crippen LogP contribution in [0.2, 0.25) is 5.02 Å². The van der Waals surface area contributed by atoms with Gasteiger partial charge in [0.25, 0.3) is 0 Å². The number of rotatable bonds is 3. The van der Waals surface area contributed by atoms with Crippen LogP contribution in [-0.2, 0) is 13.6 Å². The molecule has 0 atom stereocenters. The van der Waals surface area contributed by atoms with Crippen LogP contribution >= 0.6 is 11.6 Å². The standard InChI is InChI=1S/C22H22ClF3N6/c1-22(2,3)32-11-27-21(28-20-6-14-9-30(4)29-19(14)7-15(20)23)31(12-32)10-13-5-17(25)18(26)8-16(13)24/h5-9,11H,10,12H2,1-4H3/b28-21-. The highest BCUT2D eigenvalue weighted by molar-refractivity contribution is 6.34. The van der Waals surface area contributed by atoms with Crippen molar-refractivity contribution in [1.82, 2.24) is 19.6 Å². The fourth-order valence-electron chi connectivity index (χ4n) is 3.33. The Hall–Kier alpha value is -3.07. The molecule has 6 nitrogen and oxygen atoms in total. The molecule has 2 aromatic carbocycles. The van der Waals surface area contributed by atoms with E-state index in [0.29, 0.717) is 23.4 Å². The van der Waals surface area contributed by atoms with Crippen molar-refractivity contribution >= 4 is 40.5 Å². The van der Waals surface area contributed by atoms with Crippen LogP contribution in [0.1, 0.15) is 26.3 Å². The van der Waals surface area contributed by atoms with Crippen molar-refractivity contribution in [1.29, 1.82) is 0 Å². The molecular formula is C22H22ClF3N6. The van der Waals surface area contributed by atoms with Gasteiger partial charge in [-0.05, 0) is 39.0 Å². The minimum absolute atomic E-state index is 0.00336. The summed E-state index contributed by atoms with van der Waals surface area (Å²) in [5.41, 5.74) is 0.926. The molecule has 4 rings (SSSR count). The molecule has 0 unspecified atom stereocenters. The molecule has 0 bridgehead atoms. The van der Waals surface area contributed by atoms with E-state index in [4.69, 9.17) is 11.6 Å². The van der Waals surface area contributed by atoms with Gasteiger partial charge in [0, 0.05) is 35.8 Å². The molecule has 0 aliphatic carbocycles. The quantitative estimate of drug-likeness (QED) is 0.500. The molecule has 0 spiro atoms. The van der Waals surface area contributed by atoms with Crippen LogP contribution in [-0.4, -0.2) is 44.1 Å². The van der Waals surface area contributed by atoms with Crippen molar-refractivity contribution in [3.05, 3.63) is 58.5 Å². The lowest BCUT2D eigenvalue weighted by atomic mass is 10.1. The summed E-state index contributed by atoms with van der Waals surface area (Å²) in [5.74, 6) is -2.91. The minimum atomic E-state index is -1.23. The average Bonchev–Trinajstić information content (AvgIpc) is 3.05. The van der Waals surface area contributed by atoms with E-state index >= 15 is 0 Å². The van der Waals surface area contributed by atoms with Crippen molar-refractivity contribution in [2.45, 2.75) is 32.9 Å². The molecule has 0 N–H and O–H groups in total. The van der Waals surface area contributed by atoms with Gasteiger partial charge in [-0.1, -0.05) is 11.6 Å². The summed E-state index contributed by atoms with van der Waals surface area (Å²) < 4.78 is 43.2. The van der Waals surface area contributed by atoms with E-state index in [9.17, 15) is 13.2 Å². The van der Waals surface area contributed by atoms with Crippen LogP contribution in [0.5, 0.6) is 0 Å². The Morgan fingerprint density at radius 1 is 1.06 bits per heavy atom. The normalized spacial score (nSPS) is 15.9. The zero-order chi connectivity index (χ0) is 23.2. The second-order valence-corrected chi connectivity index (χ2v) is 9.07. The Bertz CT molecular complexity index is 1240. The van der Waals surface area contributed by atoms with E-state index in [1.165, 1.54) is 0 Å². The van der Waals surface area contributed by atoms with Gasteiger partial charge < -0.3 is 9.80 Å². The zero-order valence-corrected chi connectivity index (χ0v) is 18.8. The van der Waals surface area contributed by atoms with E-state index in [2.05, 4.69) is 15.1 Å². The molecule has 0 radical (unpaired) electrons. The first kappa shape index (κ1) is 22.1. The minimum Gasteiger partial charge on any atom is -0.340 e. The summed E-state index contributed by atoms with van der Waals surface area (Å²) in [4.78, 5) is 12.7. The summed E-state index contributed by atoms with van der Waals surface area (Å²) in [7, 11) is 1.81. The number of aromatic nitrogens is 2. The predicted octanol–water partition coefficient (Wildman–Crippen LogP) is 5.23. The van der Waals surface area contributed by atoms with Gasteiger partial charge in [0.05, 0.1) is 35.8 Å². The van der Waals surface area contributed by atoms with Crippen LogP contribution in [0.3, 0.4) is 0 Å². The highest BCUT2D eigenvalue weighted by Crippen LogP contribution is 2.31. The molecule has 10 heteroatoms. The second kappa shape index (κ2) is 8.12. The number of halogens is 4. The number of fused-ring (bicyclic) bond motifs is 1. The van der Waals surface area contributed by atoms with E-state index in [0.717, 1.165) is 17.0 Å². The molecule has 0 fully saturated rings. The lowest BCUT2D eigenvalue weighted by Crippen LogP contribution is -2.51. The summed E-state index contributed by atoms with van der Waals surface area (Å²) in [5, 5.41) is 5.56. The SMILES string of the molecule is Cn1cc2cc(/N=C3/N=CN(C(C)(C)C)CN3Cc3cc(F)c(F)cc3F)c(Cl)cc2n1. The smallest absolute Gasteiger partial charge is 0.229 e. The van der Waals surface area contributed by atoms with Gasteiger partial charge in [-0.15, -0.1) is 0 Å². The highest BCUT2D eigenvalue weighted by Gasteiger charge is 2.27. The van der Waals surface area contributed by atoms with Crippen LogP contribution in [0.25, 0.3) is 10.9 Å². The highest BCUT2D eigenvalue weighted by atomic mass is 35.5. The van der Waals surface area contributed by atoms with E-state index < -0.39 is 17.5 Å². The van der Waals surface area contributed by atoms with Crippen LogP contribution in [0.15, 0.2) is 40.4 Å². The molecule has 1 aliphatic rings. The number of aliphatic imine (C=N–C) groups is 2. The fourth-order valence-corrected chi connectivity index (χ4v) is 3.53. The first-order valence-corrected chi connectivity index (χ1v) is 10.3. The predicted molar refractivity (Wildman–Crippen MR) is 120 cm³/mol. The van der Waals surface area contributed by atoms with Crippen molar-refractivity contribution < 1.29 is 13.2 Å². The van der Waals surface area contributed by atoms with Crippen molar-refractivity contribution in [2.24, 2.45) is 17.0 Å². The van der Waals surface area contributed by atoms with Crippen molar-refractivity contribution in [2.75, 3.05) is 6.67 Å². The summed E-state index contributed by atoms with van der Waals surface area (Å²) >= 11 is 6.42.